The van der Waals surface area contributed by atoms with Crippen molar-refractivity contribution in [2.75, 3.05) is 6.61 Å². The number of rotatable bonds is 7. The number of nitrogens with zero attached hydrogens (tertiary/aromatic N) is 3. The van der Waals surface area contributed by atoms with Gasteiger partial charge < -0.3 is 4.74 Å². The van der Waals surface area contributed by atoms with Gasteiger partial charge in [-0.3, -0.25) is 0 Å². The average Bonchev–Trinajstić information content (AvgIpc) is 2.51. The van der Waals surface area contributed by atoms with Crippen LogP contribution >= 0.6 is 0 Å². The first-order chi connectivity index (χ1) is 11.7. The number of pyridine rings is 1. The lowest BCUT2D eigenvalue weighted by Crippen LogP contribution is -2.23. The molecule has 0 aliphatic heterocycles. The number of hydrogen-bond acceptors (Lipinski definition) is 4. The van der Waals surface area contributed by atoms with Crippen molar-refractivity contribution in [2.24, 2.45) is 11.3 Å². The van der Waals surface area contributed by atoms with Gasteiger partial charge in [0.1, 0.15) is 17.8 Å². The first kappa shape index (κ1) is 19.2. The Labute approximate surface area is 147 Å². The topological polar surface area (TPSA) is 47.9 Å². The fraction of sp³-hybridized carbons (Fsp3) is 0.526. The van der Waals surface area contributed by atoms with Crippen molar-refractivity contribution in [1.82, 2.24) is 15.0 Å². The molecule has 0 amide bonds. The SMILES string of the molecule is Cc1cc(-c2ccc(OCC(C)(C)CC(C)C)c(C(F)F)n2)ncn1. The Balaban J connectivity index is 2.25. The zero-order valence-corrected chi connectivity index (χ0v) is 15.4. The minimum Gasteiger partial charge on any atom is -0.491 e. The molecule has 136 valence electrons. The van der Waals surface area contributed by atoms with E-state index < -0.39 is 6.43 Å². The molecule has 6 heteroatoms. The molecule has 0 aliphatic carbocycles. The van der Waals surface area contributed by atoms with E-state index >= 15 is 0 Å². The van der Waals surface area contributed by atoms with Crippen molar-refractivity contribution in [1.29, 1.82) is 0 Å². The maximum Gasteiger partial charge on any atom is 0.284 e. The van der Waals surface area contributed by atoms with E-state index in [0.717, 1.165) is 12.1 Å². The van der Waals surface area contributed by atoms with Crippen LogP contribution in [0.4, 0.5) is 8.78 Å². The van der Waals surface area contributed by atoms with E-state index in [1.807, 2.05) is 6.92 Å². The van der Waals surface area contributed by atoms with E-state index in [0.29, 0.717) is 23.9 Å². The maximum atomic E-state index is 13.5. The van der Waals surface area contributed by atoms with Crippen molar-refractivity contribution in [2.45, 2.75) is 47.5 Å². The van der Waals surface area contributed by atoms with Crippen LogP contribution in [0.1, 0.15) is 51.9 Å². The van der Waals surface area contributed by atoms with Crippen LogP contribution < -0.4 is 4.74 Å². The van der Waals surface area contributed by atoms with Crippen LogP contribution in [-0.2, 0) is 0 Å². The summed E-state index contributed by atoms with van der Waals surface area (Å²) in [7, 11) is 0. The molecule has 4 nitrogen and oxygen atoms in total. The van der Waals surface area contributed by atoms with E-state index in [4.69, 9.17) is 4.74 Å². The van der Waals surface area contributed by atoms with Crippen LogP contribution in [0.15, 0.2) is 24.5 Å². The molecule has 2 rings (SSSR count). The summed E-state index contributed by atoms with van der Waals surface area (Å²) >= 11 is 0. The van der Waals surface area contributed by atoms with Crippen molar-refractivity contribution < 1.29 is 13.5 Å². The summed E-state index contributed by atoms with van der Waals surface area (Å²) in [5.74, 6) is 0.635. The normalized spacial score (nSPS) is 12.0. The quantitative estimate of drug-likeness (QED) is 0.686. The van der Waals surface area contributed by atoms with Gasteiger partial charge in [-0.2, -0.15) is 0 Å². The van der Waals surface area contributed by atoms with Crippen LogP contribution in [-0.4, -0.2) is 21.6 Å². The van der Waals surface area contributed by atoms with Crippen molar-refractivity contribution in [3.05, 3.63) is 35.9 Å². The highest BCUT2D eigenvalue weighted by atomic mass is 19.3. The Morgan fingerprint density at radius 1 is 1.12 bits per heavy atom. The van der Waals surface area contributed by atoms with Gasteiger partial charge in [0.25, 0.3) is 6.43 Å². The molecule has 0 saturated heterocycles. The van der Waals surface area contributed by atoms with Crippen LogP contribution in [0.3, 0.4) is 0 Å². The molecule has 0 N–H and O–H groups in total. The molecule has 0 aromatic carbocycles. The molecule has 0 fully saturated rings. The fourth-order valence-corrected chi connectivity index (χ4v) is 2.92. The number of aromatic nitrogens is 3. The van der Waals surface area contributed by atoms with Gasteiger partial charge in [-0.05, 0) is 42.9 Å². The van der Waals surface area contributed by atoms with Gasteiger partial charge >= 0.3 is 0 Å². The second-order valence-corrected chi connectivity index (χ2v) is 7.48. The summed E-state index contributed by atoms with van der Waals surface area (Å²) in [6, 6.07) is 4.91. The van der Waals surface area contributed by atoms with Gasteiger partial charge in [0.2, 0.25) is 0 Å². The second-order valence-electron chi connectivity index (χ2n) is 7.48. The molecule has 25 heavy (non-hydrogen) atoms. The fourth-order valence-electron chi connectivity index (χ4n) is 2.92. The lowest BCUT2D eigenvalue weighted by Gasteiger charge is -2.27. The van der Waals surface area contributed by atoms with E-state index in [9.17, 15) is 8.78 Å². The van der Waals surface area contributed by atoms with E-state index in [1.54, 1.807) is 18.2 Å². The molecule has 0 radical (unpaired) electrons. The Hall–Kier alpha value is -2.11. The highest BCUT2D eigenvalue weighted by Crippen LogP contribution is 2.32. The van der Waals surface area contributed by atoms with Crippen molar-refractivity contribution >= 4 is 0 Å². The maximum absolute atomic E-state index is 13.5. The molecule has 0 unspecified atom stereocenters. The van der Waals surface area contributed by atoms with Crippen LogP contribution in [0.5, 0.6) is 5.75 Å². The summed E-state index contributed by atoms with van der Waals surface area (Å²) in [4.78, 5) is 12.2. The lowest BCUT2D eigenvalue weighted by molar-refractivity contribution is 0.123. The minimum atomic E-state index is -2.72. The third kappa shape index (κ3) is 5.44. The molecular formula is C19H25F2N3O. The molecular weight excluding hydrogens is 324 g/mol. The number of hydrogen-bond donors (Lipinski definition) is 0. The summed E-state index contributed by atoms with van der Waals surface area (Å²) in [6.45, 7) is 10.6. The highest BCUT2D eigenvalue weighted by molar-refractivity contribution is 5.55. The Kier molecular flexibility index (Phi) is 6.03. The number of aryl methyl sites for hydroxylation is 1. The zero-order valence-electron chi connectivity index (χ0n) is 15.4. The molecule has 2 heterocycles. The van der Waals surface area contributed by atoms with Crippen molar-refractivity contribution in [3.63, 3.8) is 0 Å². The first-order valence-electron chi connectivity index (χ1n) is 8.39. The van der Waals surface area contributed by atoms with Gasteiger partial charge in [-0.15, -0.1) is 0 Å². The lowest BCUT2D eigenvalue weighted by atomic mass is 9.85. The smallest absolute Gasteiger partial charge is 0.284 e. The van der Waals surface area contributed by atoms with Crippen LogP contribution in [0, 0.1) is 18.3 Å². The van der Waals surface area contributed by atoms with Gasteiger partial charge in [0, 0.05) is 5.69 Å². The Morgan fingerprint density at radius 3 is 2.44 bits per heavy atom. The third-order valence-electron chi connectivity index (χ3n) is 3.74. The minimum absolute atomic E-state index is 0.101. The molecule has 2 aromatic heterocycles. The van der Waals surface area contributed by atoms with Gasteiger partial charge in [-0.25, -0.2) is 23.7 Å². The summed E-state index contributed by atoms with van der Waals surface area (Å²) in [5.41, 5.74) is 1.20. The number of alkyl halides is 2. The largest absolute Gasteiger partial charge is 0.491 e. The van der Waals surface area contributed by atoms with Gasteiger partial charge in [0.05, 0.1) is 18.0 Å². The van der Waals surface area contributed by atoms with E-state index in [2.05, 4.69) is 42.6 Å². The van der Waals surface area contributed by atoms with Crippen LogP contribution in [0.2, 0.25) is 0 Å². The number of ether oxygens (including phenoxy) is 1. The predicted octanol–water partition coefficient (Wildman–Crippen LogP) is 5.24. The number of halogens is 2. The summed E-state index contributed by atoms with van der Waals surface area (Å²) < 4.78 is 32.6. The monoisotopic (exact) mass is 349 g/mol. The van der Waals surface area contributed by atoms with Crippen LogP contribution in [0.25, 0.3) is 11.4 Å². The molecule has 0 saturated carbocycles. The van der Waals surface area contributed by atoms with Gasteiger partial charge in [0.15, 0.2) is 0 Å². The standard InChI is InChI=1S/C19H25F2N3O/c1-12(2)9-19(4,5)10-25-16-7-6-14(24-17(16)18(20)21)15-8-13(3)22-11-23-15/h6-8,11-12,18H,9-10H2,1-5H3. The third-order valence-corrected chi connectivity index (χ3v) is 3.74. The Morgan fingerprint density at radius 2 is 1.84 bits per heavy atom. The average molecular weight is 349 g/mol. The molecule has 0 atom stereocenters. The first-order valence-corrected chi connectivity index (χ1v) is 8.39. The van der Waals surface area contributed by atoms with Crippen molar-refractivity contribution in [3.8, 4) is 17.1 Å². The second kappa shape index (κ2) is 7.85. The molecule has 2 aromatic rings. The predicted molar refractivity (Wildman–Crippen MR) is 93.7 cm³/mol. The summed E-state index contributed by atoms with van der Waals surface area (Å²) in [5, 5.41) is 0. The molecule has 0 spiro atoms. The molecule has 0 aliphatic rings. The van der Waals surface area contributed by atoms with E-state index in [-0.39, 0.29) is 16.9 Å². The van der Waals surface area contributed by atoms with Gasteiger partial charge in [-0.1, -0.05) is 27.7 Å². The summed E-state index contributed by atoms with van der Waals surface area (Å²) in [6.07, 6.45) is -0.373. The highest BCUT2D eigenvalue weighted by Gasteiger charge is 2.23. The Bertz CT molecular complexity index is 718. The zero-order chi connectivity index (χ0) is 18.6. The van der Waals surface area contributed by atoms with E-state index in [1.165, 1.54) is 6.33 Å². The molecule has 0 bridgehead atoms.